The van der Waals surface area contributed by atoms with Crippen molar-refractivity contribution in [3.63, 3.8) is 0 Å². The molecule has 17 heavy (non-hydrogen) atoms. The minimum atomic E-state index is 1.11. The molecule has 1 heteroatoms. The van der Waals surface area contributed by atoms with Crippen LogP contribution in [0.4, 0.5) is 0 Å². The second kappa shape index (κ2) is 5.72. The van der Waals surface area contributed by atoms with Gasteiger partial charge in [0.2, 0.25) is 0 Å². The van der Waals surface area contributed by atoms with E-state index in [1.165, 1.54) is 29.8 Å². The van der Waals surface area contributed by atoms with Crippen LogP contribution in [0.15, 0.2) is 42.5 Å². The van der Waals surface area contributed by atoms with E-state index in [9.17, 15) is 0 Å². The molecular weight excluding hydrogens is 206 g/mol. The second-order valence-electron chi connectivity index (χ2n) is 4.43. The third kappa shape index (κ3) is 2.60. The van der Waals surface area contributed by atoms with E-state index < -0.39 is 0 Å². The standard InChI is InChI=1S/C16H21N/c1-3-5-13-17-15(4-2)11-12-16(17)14-9-7-6-8-10-14/h6-12H,3-5,13H2,1-2H3. The first kappa shape index (κ1) is 12.0. The normalized spacial score (nSPS) is 10.7. The molecular formula is C16H21N. The van der Waals surface area contributed by atoms with Crippen LogP contribution in [-0.2, 0) is 13.0 Å². The summed E-state index contributed by atoms with van der Waals surface area (Å²) in [6.07, 6.45) is 3.60. The van der Waals surface area contributed by atoms with Gasteiger partial charge in [-0.3, -0.25) is 0 Å². The fraction of sp³-hybridized carbons (Fsp3) is 0.375. The molecule has 0 saturated heterocycles. The van der Waals surface area contributed by atoms with Gasteiger partial charge in [0.05, 0.1) is 0 Å². The highest BCUT2D eigenvalue weighted by Gasteiger charge is 2.07. The van der Waals surface area contributed by atoms with Crippen LogP contribution >= 0.6 is 0 Å². The Morgan fingerprint density at radius 3 is 2.35 bits per heavy atom. The number of hydrogen-bond acceptors (Lipinski definition) is 0. The van der Waals surface area contributed by atoms with Gasteiger partial charge in [-0.2, -0.15) is 0 Å². The SMILES string of the molecule is CCCCn1c(CC)ccc1-c1ccccc1. The van der Waals surface area contributed by atoms with Crippen molar-refractivity contribution in [2.75, 3.05) is 0 Å². The van der Waals surface area contributed by atoms with Crippen LogP contribution in [-0.4, -0.2) is 4.57 Å². The van der Waals surface area contributed by atoms with Gasteiger partial charge in [-0.25, -0.2) is 0 Å². The average Bonchev–Trinajstić information content (AvgIpc) is 2.80. The molecule has 0 aliphatic heterocycles. The molecule has 2 rings (SSSR count). The lowest BCUT2D eigenvalue weighted by atomic mass is 10.1. The fourth-order valence-electron chi connectivity index (χ4n) is 2.26. The summed E-state index contributed by atoms with van der Waals surface area (Å²) in [7, 11) is 0. The molecule has 1 heterocycles. The van der Waals surface area contributed by atoms with Gasteiger partial charge in [0.15, 0.2) is 0 Å². The second-order valence-corrected chi connectivity index (χ2v) is 4.43. The van der Waals surface area contributed by atoms with Gasteiger partial charge >= 0.3 is 0 Å². The van der Waals surface area contributed by atoms with E-state index in [0.29, 0.717) is 0 Å². The molecule has 0 bridgehead atoms. The first-order valence-electron chi connectivity index (χ1n) is 6.60. The first-order chi connectivity index (χ1) is 8.36. The van der Waals surface area contributed by atoms with Crippen LogP contribution in [0.1, 0.15) is 32.4 Å². The van der Waals surface area contributed by atoms with E-state index in [0.717, 1.165) is 13.0 Å². The summed E-state index contributed by atoms with van der Waals surface area (Å²) >= 11 is 0. The van der Waals surface area contributed by atoms with Crippen molar-refractivity contribution in [1.82, 2.24) is 4.57 Å². The smallest absolute Gasteiger partial charge is 0.0482 e. The summed E-state index contributed by atoms with van der Waals surface area (Å²) in [6.45, 7) is 5.61. The maximum atomic E-state index is 2.47. The van der Waals surface area contributed by atoms with E-state index >= 15 is 0 Å². The summed E-state index contributed by atoms with van der Waals surface area (Å²) in [5.74, 6) is 0. The Morgan fingerprint density at radius 1 is 0.941 bits per heavy atom. The van der Waals surface area contributed by atoms with Crippen LogP contribution in [0.2, 0.25) is 0 Å². The summed E-state index contributed by atoms with van der Waals surface area (Å²) in [5.41, 5.74) is 4.12. The van der Waals surface area contributed by atoms with Crippen molar-refractivity contribution in [2.45, 2.75) is 39.7 Å². The largest absolute Gasteiger partial charge is 0.345 e. The van der Waals surface area contributed by atoms with Crippen molar-refractivity contribution < 1.29 is 0 Å². The molecule has 0 N–H and O–H groups in total. The van der Waals surface area contributed by atoms with E-state index in [-0.39, 0.29) is 0 Å². The minimum absolute atomic E-state index is 1.11. The Kier molecular flexibility index (Phi) is 4.03. The molecule has 1 nitrogen and oxygen atoms in total. The molecule has 1 aromatic carbocycles. The topological polar surface area (TPSA) is 4.93 Å². The van der Waals surface area contributed by atoms with Crippen LogP contribution < -0.4 is 0 Å². The van der Waals surface area contributed by atoms with Crippen molar-refractivity contribution in [3.8, 4) is 11.3 Å². The number of unbranched alkanes of at least 4 members (excludes halogenated alkanes) is 1. The van der Waals surface area contributed by atoms with E-state index in [2.05, 4.69) is 60.9 Å². The molecule has 0 fully saturated rings. The van der Waals surface area contributed by atoms with E-state index in [4.69, 9.17) is 0 Å². The summed E-state index contributed by atoms with van der Waals surface area (Å²) < 4.78 is 2.47. The van der Waals surface area contributed by atoms with Crippen molar-refractivity contribution in [3.05, 3.63) is 48.2 Å². The van der Waals surface area contributed by atoms with Gasteiger partial charge in [-0.15, -0.1) is 0 Å². The zero-order valence-corrected chi connectivity index (χ0v) is 10.8. The first-order valence-corrected chi connectivity index (χ1v) is 6.60. The Morgan fingerprint density at radius 2 is 1.71 bits per heavy atom. The minimum Gasteiger partial charge on any atom is -0.345 e. The van der Waals surface area contributed by atoms with E-state index in [1.807, 2.05) is 0 Å². The third-order valence-electron chi connectivity index (χ3n) is 3.24. The fourth-order valence-corrected chi connectivity index (χ4v) is 2.26. The van der Waals surface area contributed by atoms with Gasteiger partial charge in [-0.1, -0.05) is 50.6 Å². The summed E-state index contributed by atoms with van der Waals surface area (Å²) in [5, 5.41) is 0. The Labute approximate surface area is 104 Å². The number of nitrogens with zero attached hydrogens (tertiary/aromatic N) is 1. The molecule has 0 saturated carbocycles. The van der Waals surface area contributed by atoms with Crippen LogP contribution in [0.5, 0.6) is 0 Å². The van der Waals surface area contributed by atoms with Gasteiger partial charge in [0.1, 0.15) is 0 Å². The molecule has 0 aliphatic carbocycles. The lowest BCUT2D eigenvalue weighted by molar-refractivity contribution is 0.618. The predicted molar refractivity (Wildman–Crippen MR) is 74.2 cm³/mol. The molecule has 2 aromatic rings. The lowest BCUT2D eigenvalue weighted by Gasteiger charge is -2.12. The molecule has 1 aromatic heterocycles. The van der Waals surface area contributed by atoms with Gasteiger partial charge in [0, 0.05) is 17.9 Å². The summed E-state index contributed by atoms with van der Waals surface area (Å²) in [4.78, 5) is 0. The highest BCUT2D eigenvalue weighted by atomic mass is 15.0. The lowest BCUT2D eigenvalue weighted by Crippen LogP contribution is -2.04. The average molecular weight is 227 g/mol. The molecule has 0 amide bonds. The van der Waals surface area contributed by atoms with Crippen molar-refractivity contribution in [2.24, 2.45) is 0 Å². The van der Waals surface area contributed by atoms with Crippen LogP contribution in [0, 0.1) is 0 Å². The number of rotatable bonds is 5. The Bertz CT molecular complexity index is 454. The molecule has 0 radical (unpaired) electrons. The third-order valence-corrected chi connectivity index (χ3v) is 3.24. The molecule has 0 aliphatic rings. The predicted octanol–water partition coefficient (Wildman–Crippen LogP) is 4.52. The number of hydrogen-bond donors (Lipinski definition) is 0. The van der Waals surface area contributed by atoms with E-state index in [1.54, 1.807) is 0 Å². The molecule has 0 spiro atoms. The van der Waals surface area contributed by atoms with Crippen molar-refractivity contribution >= 4 is 0 Å². The number of benzene rings is 1. The molecule has 90 valence electrons. The van der Waals surface area contributed by atoms with Gasteiger partial charge < -0.3 is 4.57 Å². The number of aryl methyl sites for hydroxylation is 1. The molecule has 0 atom stereocenters. The van der Waals surface area contributed by atoms with Gasteiger partial charge in [-0.05, 0) is 30.5 Å². The summed E-state index contributed by atoms with van der Waals surface area (Å²) in [6, 6.07) is 15.2. The maximum absolute atomic E-state index is 2.47. The van der Waals surface area contributed by atoms with Crippen molar-refractivity contribution in [1.29, 1.82) is 0 Å². The Balaban J connectivity index is 2.36. The Hall–Kier alpha value is -1.50. The zero-order valence-electron chi connectivity index (χ0n) is 10.8. The van der Waals surface area contributed by atoms with Gasteiger partial charge in [0.25, 0.3) is 0 Å². The quantitative estimate of drug-likeness (QED) is 0.708. The maximum Gasteiger partial charge on any atom is 0.0482 e. The highest BCUT2D eigenvalue weighted by Crippen LogP contribution is 2.23. The highest BCUT2D eigenvalue weighted by molar-refractivity contribution is 5.60. The number of aromatic nitrogens is 1. The van der Waals surface area contributed by atoms with Crippen LogP contribution in [0.3, 0.4) is 0 Å². The van der Waals surface area contributed by atoms with Crippen LogP contribution in [0.25, 0.3) is 11.3 Å². The monoisotopic (exact) mass is 227 g/mol. The zero-order chi connectivity index (χ0) is 12.1. The molecule has 0 unspecified atom stereocenters.